The maximum atomic E-state index is 12.6. The molecular formula is C19H22N4O2. The predicted octanol–water partition coefficient (Wildman–Crippen LogP) is 1.40. The summed E-state index contributed by atoms with van der Waals surface area (Å²) in [4.78, 5) is 33.0. The van der Waals surface area contributed by atoms with Gasteiger partial charge >= 0.3 is 0 Å². The minimum Gasteiger partial charge on any atom is -0.348 e. The Morgan fingerprint density at radius 1 is 1.08 bits per heavy atom. The van der Waals surface area contributed by atoms with Crippen LogP contribution in [-0.4, -0.2) is 59.8 Å². The molecule has 2 amide bonds. The Balaban J connectivity index is 1.64. The first-order valence-corrected chi connectivity index (χ1v) is 8.38. The van der Waals surface area contributed by atoms with E-state index in [1.165, 1.54) is 0 Å². The zero-order valence-corrected chi connectivity index (χ0v) is 14.3. The van der Waals surface area contributed by atoms with Gasteiger partial charge in [-0.05, 0) is 36.9 Å². The van der Waals surface area contributed by atoms with Gasteiger partial charge in [-0.3, -0.25) is 14.6 Å². The van der Waals surface area contributed by atoms with Gasteiger partial charge in [0, 0.05) is 56.2 Å². The van der Waals surface area contributed by atoms with Crippen molar-refractivity contribution in [1.82, 2.24) is 20.1 Å². The molecule has 1 aliphatic rings. The molecule has 1 aliphatic heterocycles. The van der Waals surface area contributed by atoms with Crippen molar-refractivity contribution in [3.05, 3.63) is 65.5 Å². The van der Waals surface area contributed by atoms with E-state index < -0.39 is 0 Å². The topological polar surface area (TPSA) is 65.5 Å². The molecule has 25 heavy (non-hydrogen) atoms. The van der Waals surface area contributed by atoms with Gasteiger partial charge in [0.05, 0.1) is 0 Å². The van der Waals surface area contributed by atoms with Gasteiger partial charge in [0.25, 0.3) is 11.8 Å². The Kier molecular flexibility index (Phi) is 5.40. The van der Waals surface area contributed by atoms with Crippen LogP contribution in [0.1, 0.15) is 26.3 Å². The van der Waals surface area contributed by atoms with Crippen molar-refractivity contribution < 1.29 is 9.59 Å². The number of carbonyl (C=O) groups excluding carboxylic acids is 2. The minimum absolute atomic E-state index is 0.0185. The molecule has 3 rings (SSSR count). The summed E-state index contributed by atoms with van der Waals surface area (Å²) in [6.45, 7) is 3.58. The van der Waals surface area contributed by atoms with Crippen molar-refractivity contribution in [2.45, 2.75) is 6.54 Å². The number of aromatic nitrogens is 1. The highest BCUT2D eigenvalue weighted by atomic mass is 16.2. The molecule has 0 spiro atoms. The van der Waals surface area contributed by atoms with Crippen LogP contribution in [0.25, 0.3) is 0 Å². The molecule has 1 fully saturated rings. The fraction of sp³-hybridized carbons (Fsp3) is 0.316. The van der Waals surface area contributed by atoms with Crippen molar-refractivity contribution >= 4 is 11.8 Å². The number of nitrogens with one attached hydrogen (secondary N) is 1. The number of carbonyl (C=O) groups is 2. The van der Waals surface area contributed by atoms with Gasteiger partial charge in [0.2, 0.25) is 0 Å². The van der Waals surface area contributed by atoms with Crippen molar-refractivity contribution in [1.29, 1.82) is 0 Å². The average molecular weight is 338 g/mol. The van der Waals surface area contributed by atoms with E-state index in [1.54, 1.807) is 36.7 Å². The number of pyridine rings is 1. The van der Waals surface area contributed by atoms with Gasteiger partial charge in [0.1, 0.15) is 0 Å². The van der Waals surface area contributed by atoms with Crippen LogP contribution >= 0.6 is 0 Å². The molecule has 0 saturated carbocycles. The lowest BCUT2D eigenvalue weighted by Crippen LogP contribution is -2.47. The van der Waals surface area contributed by atoms with Crippen molar-refractivity contribution in [3.8, 4) is 0 Å². The van der Waals surface area contributed by atoms with Gasteiger partial charge in [-0.1, -0.05) is 12.1 Å². The number of nitrogens with zero attached hydrogens (tertiary/aromatic N) is 3. The first kappa shape index (κ1) is 17.1. The van der Waals surface area contributed by atoms with E-state index in [0.717, 1.165) is 18.7 Å². The lowest BCUT2D eigenvalue weighted by molar-refractivity contribution is 0.0664. The summed E-state index contributed by atoms with van der Waals surface area (Å²) in [6, 6.07) is 10.6. The number of rotatable bonds is 4. The Hall–Kier alpha value is -2.73. The van der Waals surface area contributed by atoms with Gasteiger partial charge in [0.15, 0.2) is 0 Å². The van der Waals surface area contributed by atoms with Crippen molar-refractivity contribution in [3.63, 3.8) is 0 Å². The van der Waals surface area contributed by atoms with E-state index in [1.807, 2.05) is 17.0 Å². The van der Waals surface area contributed by atoms with Gasteiger partial charge < -0.3 is 15.1 Å². The van der Waals surface area contributed by atoms with Crippen LogP contribution < -0.4 is 5.32 Å². The maximum absolute atomic E-state index is 12.6. The second-order valence-electron chi connectivity index (χ2n) is 6.22. The first-order chi connectivity index (χ1) is 12.1. The Morgan fingerprint density at radius 2 is 1.84 bits per heavy atom. The monoisotopic (exact) mass is 338 g/mol. The van der Waals surface area contributed by atoms with Gasteiger partial charge in [-0.2, -0.15) is 0 Å². The number of hydrogen-bond acceptors (Lipinski definition) is 4. The lowest BCUT2D eigenvalue weighted by atomic mass is 10.1. The highest BCUT2D eigenvalue weighted by Crippen LogP contribution is 2.11. The number of hydrogen-bond donors (Lipinski definition) is 1. The van der Waals surface area contributed by atoms with E-state index in [9.17, 15) is 9.59 Å². The molecule has 0 bridgehead atoms. The van der Waals surface area contributed by atoms with Crippen LogP contribution in [0.4, 0.5) is 0 Å². The molecule has 1 aromatic heterocycles. The zero-order chi connectivity index (χ0) is 17.6. The Bertz CT molecular complexity index is 740. The number of likely N-dealkylation sites (N-methyl/N-ethyl adjacent to an activating group) is 1. The molecule has 1 saturated heterocycles. The maximum Gasteiger partial charge on any atom is 0.253 e. The smallest absolute Gasteiger partial charge is 0.253 e. The third-order valence-corrected chi connectivity index (χ3v) is 4.34. The number of piperazine rings is 1. The molecule has 6 heteroatoms. The predicted molar refractivity (Wildman–Crippen MR) is 95.2 cm³/mol. The first-order valence-electron chi connectivity index (χ1n) is 8.38. The molecule has 0 radical (unpaired) electrons. The SMILES string of the molecule is CN1CCN(C(=O)c2cccc(C(=O)NCc3cccnc3)c2)CC1. The highest BCUT2D eigenvalue weighted by molar-refractivity contribution is 5.99. The van der Waals surface area contributed by atoms with Crippen LogP contribution in [0.2, 0.25) is 0 Å². The van der Waals surface area contributed by atoms with Gasteiger partial charge in [-0.25, -0.2) is 0 Å². The zero-order valence-electron chi connectivity index (χ0n) is 14.3. The van der Waals surface area contributed by atoms with Crippen LogP contribution in [-0.2, 0) is 6.54 Å². The molecule has 0 unspecified atom stereocenters. The van der Waals surface area contributed by atoms with Crippen LogP contribution in [0.15, 0.2) is 48.8 Å². The molecule has 6 nitrogen and oxygen atoms in total. The molecule has 0 aliphatic carbocycles. The summed E-state index contributed by atoms with van der Waals surface area (Å²) in [5.74, 6) is -0.216. The molecule has 2 aromatic rings. The Labute approximate surface area is 147 Å². The molecule has 2 heterocycles. The Morgan fingerprint density at radius 3 is 2.56 bits per heavy atom. The molecular weight excluding hydrogens is 316 g/mol. The summed E-state index contributed by atoms with van der Waals surface area (Å²) in [5, 5.41) is 2.86. The molecule has 1 aromatic carbocycles. The standard InChI is InChI=1S/C19H22N4O2/c1-22-8-10-23(11-9-22)19(25)17-6-2-5-16(12-17)18(24)21-14-15-4-3-7-20-13-15/h2-7,12-13H,8-11,14H2,1H3,(H,21,24). The van der Waals surface area contributed by atoms with Crippen molar-refractivity contribution in [2.75, 3.05) is 33.2 Å². The highest BCUT2D eigenvalue weighted by Gasteiger charge is 2.21. The summed E-state index contributed by atoms with van der Waals surface area (Å²) in [7, 11) is 2.05. The second-order valence-corrected chi connectivity index (χ2v) is 6.22. The fourth-order valence-corrected chi connectivity index (χ4v) is 2.77. The second kappa shape index (κ2) is 7.90. The van der Waals surface area contributed by atoms with E-state index in [-0.39, 0.29) is 11.8 Å². The van der Waals surface area contributed by atoms with Crippen molar-refractivity contribution in [2.24, 2.45) is 0 Å². The number of amides is 2. The lowest BCUT2D eigenvalue weighted by Gasteiger charge is -2.32. The van der Waals surface area contributed by atoms with E-state index in [2.05, 4.69) is 22.2 Å². The number of benzene rings is 1. The quantitative estimate of drug-likeness (QED) is 0.915. The van der Waals surface area contributed by atoms with Crippen LogP contribution in [0.3, 0.4) is 0 Å². The molecule has 130 valence electrons. The summed E-state index contributed by atoms with van der Waals surface area (Å²) >= 11 is 0. The normalized spacial score (nSPS) is 15.0. The van der Waals surface area contributed by atoms with E-state index in [0.29, 0.717) is 30.8 Å². The third-order valence-electron chi connectivity index (χ3n) is 4.34. The van der Waals surface area contributed by atoms with Crippen LogP contribution in [0, 0.1) is 0 Å². The molecule has 1 N–H and O–H groups in total. The summed E-state index contributed by atoms with van der Waals surface area (Å²) < 4.78 is 0. The third kappa shape index (κ3) is 4.42. The largest absolute Gasteiger partial charge is 0.348 e. The van der Waals surface area contributed by atoms with E-state index in [4.69, 9.17) is 0 Å². The average Bonchev–Trinajstić information content (AvgIpc) is 2.67. The van der Waals surface area contributed by atoms with Crippen LogP contribution in [0.5, 0.6) is 0 Å². The molecule has 0 atom stereocenters. The summed E-state index contributed by atoms with van der Waals surface area (Å²) in [6.07, 6.45) is 3.41. The van der Waals surface area contributed by atoms with Gasteiger partial charge in [-0.15, -0.1) is 0 Å². The minimum atomic E-state index is -0.197. The fourth-order valence-electron chi connectivity index (χ4n) is 2.77. The van der Waals surface area contributed by atoms with E-state index >= 15 is 0 Å². The summed E-state index contributed by atoms with van der Waals surface area (Å²) in [5.41, 5.74) is 1.97.